The van der Waals surface area contributed by atoms with Gasteiger partial charge < -0.3 is 15.5 Å². The van der Waals surface area contributed by atoms with Crippen molar-refractivity contribution in [2.24, 2.45) is 5.41 Å². The molecular formula is C22H25N3O3. The van der Waals surface area contributed by atoms with Crippen molar-refractivity contribution in [3.8, 4) is 0 Å². The maximum Gasteiger partial charge on any atom is 0.242 e. The number of anilines is 3. The minimum absolute atomic E-state index is 0.0000644. The van der Waals surface area contributed by atoms with Gasteiger partial charge in [-0.2, -0.15) is 0 Å². The number of hydrogen-bond donors (Lipinski definition) is 2. The molecule has 6 heteroatoms. The first-order valence-electron chi connectivity index (χ1n) is 9.31. The fraction of sp³-hybridized carbons (Fsp3) is 0.318. The van der Waals surface area contributed by atoms with Crippen LogP contribution in [0.1, 0.15) is 33.3 Å². The predicted molar refractivity (Wildman–Crippen MR) is 110 cm³/mol. The molecule has 3 amide bonds. The summed E-state index contributed by atoms with van der Waals surface area (Å²) >= 11 is 0. The lowest BCUT2D eigenvalue weighted by atomic mass is 9.89. The SMILES string of the molecule is CC(=O)Nc1cccc(NC(=O)C(C)(C)C(=O)N2c3ccccc3CC2C)c1. The molecule has 6 nitrogen and oxygen atoms in total. The van der Waals surface area contributed by atoms with Crippen molar-refractivity contribution in [2.45, 2.75) is 40.2 Å². The molecule has 1 aliphatic rings. The van der Waals surface area contributed by atoms with Crippen molar-refractivity contribution >= 4 is 34.8 Å². The molecule has 146 valence electrons. The largest absolute Gasteiger partial charge is 0.326 e. The third kappa shape index (κ3) is 3.76. The zero-order valence-corrected chi connectivity index (χ0v) is 16.6. The highest BCUT2D eigenvalue weighted by atomic mass is 16.2. The first kappa shape index (κ1) is 19.6. The zero-order valence-electron chi connectivity index (χ0n) is 16.6. The first-order chi connectivity index (χ1) is 13.2. The molecule has 0 aromatic heterocycles. The summed E-state index contributed by atoms with van der Waals surface area (Å²) in [5, 5.41) is 5.48. The van der Waals surface area contributed by atoms with Crippen LogP contribution in [0.15, 0.2) is 48.5 Å². The van der Waals surface area contributed by atoms with Gasteiger partial charge in [0, 0.05) is 30.0 Å². The molecular weight excluding hydrogens is 354 g/mol. The van der Waals surface area contributed by atoms with Gasteiger partial charge in [0.25, 0.3) is 0 Å². The van der Waals surface area contributed by atoms with E-state index in [2.05, 4.69) is 10.6 Å². The first-order valence-corrected chi connectivity index (χ1v) is 9.31. The van der Waals surface area contributed by atoms with Crippen LogP contribution >= 0.6 is 0 Å². The second kappa shape index (κ2) is 7.46. The lowest BCUT2D eigenvalue weighted by molar-refractivity contribution is -0.136. The molecule has 1 heterocycles. The van der Waals surface area contributed by atoms with Crippen molar-refractivity contribution in [3.63, 3.8) is 0 Å². The van der Waals surface area contributed by atoms with Gasteiger partial charge in [-0.3, -0.25) is 14.4 Å². The van der Waals surface area contributed by atoms with E-state index in [9.17, 15) is 14.4 Å². The van der Waals surface area contributed by atoms with Gasteiger partial charge in [0.05, 0.1) is 0 Å². The van der Waals surface area contributed by atoms with Crippen molar-refractivity contribution < 1.29 is 14.4 Å². The van der Waals surface area contributed by atoms with Crippen molar-refractivity contribution in [1.29, 1.82) is 0 Å². The van der Waals surface area contributed by atoms with E-state index in [1.165, 1.54) is 6.92 Å². The van der Waals surface area contributed by atoms with E-state index < -0.39 is 11.3 Å². The number of carbonyl (C=O) groups is 3. The van der Waals surface area contributed by atoms with Crippen LogP contribution < -0.4 is 15.5 Å². The van der Waals surface area contributed by atoms with Crippen LogP contribution in [0.4, 0.5) is 17.1 Å². The lowest BCUT2D eigenvalue weighted by Gasteiger charge is -2.31. The highest BCUT2D eigenvalue weighted by Gasteiger charge is 2.43. The van der Waals surface area contributed by atoms with Crippen molar-refractivity contribution in [3.05, 3.63) is 54.1 Å². The van der Waals surface area contributed by atoms with Crippen molar-refractivity contribution in [1.82, 2.24) is 0 Å². The Hall–Kier alpha value is -3.15. The molecule has 28 heavy (non-hydrogen) atoms. The van der Waals surface area contributed by atoms with Crippen molar-refractivity contribution in [2.75, 3.05) is 15.5 Å². The number of nitrogens with zero attached hydrogens (tertiary/aromatic N) is 1. The molecule has 2 N–H and O–H groups in total. The predicted octanol–water partition coefficient (Wildman–Crippen LogP) is 3.59. The smallest absolute Gasteiger partial charge is 0.242 e. The molecule has 2 aromatic rings. The van der Waals surface area contributed by atoms with E-state index >= 15 is 0 Å². The lowest BCUT2D eigenvalue weighted by Crippen LogP contribution is -2.49. The van der Waals surface area contributed by atoms with Gasteiger partial charge in [0.1, 0.15) is 5.41 Å². The Kier molecular flexibility index (Phi) is 5.23. The summed E-state index contributed by atoms with van der Waals surface area (Å²) in [7, 11) is 0. The van der Waals surface area contributed by atoms with E-state index in [0.29, 0.717) is 11.4 Å². The molecule has 0 fully saturated rings. The quantitative estimate of drug-likeness (QED) is 0.797. The van der Waals surface area contributed by atoms with E-state index in [4.69, 9.17) is 0 Å². The number of fused-ring (bicyclic) bond motifs is 1. The van der Waals surface area contributed by atoms with Crippen LogP contribution in [-0.4, -0.2) is 23.8 Å². The van der Waals surface area contributed by atoms with E-state index in [-0.39, 0.29) is 17.9 Å². The van der Waals surface area contributed by atoms with Crippen LogP contribution in [0.5, 0.6) is 0 Å². The van der Waals surface area contributed by atoms with E-state index in [1.54, 1.807) is 43.0 Å². The standard InChI is InChI=1S/C22H25N3O3/c1-14-12-16-8-5-6-11-19(16)25(14)21(28)22(3,4)20(27)24-18-10-7-9-17(13-18)23-15(2)26/h5-11,13-14H,12H2,1-4H3,(H,23,26)(H,24,27). The van der Waals surface area contributed by atoms with Crippen LogP contribution in [0.2, 0.25) is 0 Å². The Labute approximate surface area is 164 Å². The summed E-state index contributed by atoms with van der Waals surface area (Å²) in [5.41, 5.74) is 1.83. The topological polar surface area (TPSA) is 78.5 Å². The minimum atomic E-state index is -1.25. The van der Waals surface area contributed by atoms with E-state index in [1.807, 2.05) is 31.2 Å². The van der Waals surface area contributed by atoms with Gasteiger partial charge >= 0.3 is 0 Å². The van der Waals surface area contributed by atoms with Crippen LogP contribution in [0.25, 0.3) is 0 Å². The Bertz CT molecular complexity index is 936. The number of amides is 3. The number of benzene rings is 2. The normalized spacial score (nSPS) is 15.7. The average Bonchev–Trinajstić information content (AvgIpc) is 2.96. The second-order valence-corrected chi connectivity index (χ2v) is 7.70. The highest BCUT2D eigenvalue weighted by Crippen LogP contribution is 2.35. The Morgan fingerprint density at radius 3 is 2.32 bits per heavy atom. The van der Waals surface area contributed by atoms with Gasteiger partial charge in [-0.25, -0.2) is 0 Å². The molecule has 0 spiro atoms. The fourth-order valence-electron chi connectivity index (χ4n) is 3.44. The highest BCUT2D eigenvalue weighted by molar-refractivity contribution is 6.15. The molecule has 1 unspecified atom stereocenters. The van der Waals surface area contributed by atoms with E-state index in [0.717, 1.165) is 17.7 Å². The van der Waals surface area contributed by atoms with Gasteiger partial charge in [-0.1, -0.05) is 24.3 Å². The fourth-order valence-corrected chi connectivity index (χ4v) is 3.44. The molecule has 0 bridgehead atoms. The third-order valence-electron chi connectivity index (χ3n) is 4.97. The van der Waals surface area contributed by atoms with Gasteiger partial charge in [0.15, 0.2) is 0 Å². The van der Waals surface area contributed by atoms with Crippen LogP contribution in [0.3, 0.4) is 0 Å². The molecule has 0 aliphatic carbocycles. The van der Waals surface area contributed by atoms with Gasteiger partial charge in [-0.15, -0.1) is 0 Å². The number of rotatable bonds is 4. The molecule has 3 rings (SSSR count). The molecule has 0 saturated heterocycles. The summed E-state index contributed by atoms with van der Waals surface area (Å²) < 4.78 is 0. The molecule has 0 saturated carbocycles. The summed E-state index contributed by atoms with van der Waals surface area (Å²) in [5.74, 6) is -0.824. The molecule has 2 aromatic carbocycles. The monoisotopic (exact) mass is 379 g/mol. The molecule has 0 radical (unpaired) electrons. The average molecular weight is 379 g/mol. The number of carbonyl (C=O) groups excluding carboxylic acids is 3. The third-order valence-corrected chi connectivity index (χ3v) is 4.97. The van der Waals surface area contributed by atoms with Crippen LogP contribution in [-0.2, 0) is 20.8 Å². The Morgan fingerprint density at radius 1 is 1.00 bits per heavy atom. The molecule has 1 aliphatic heterocycles. The number of para-hydroxylation sites is 1. The maximum absolute atomic E-state index is 13.3. The molecule has 1 atom stereocenters. The summed E-state index contributed by atoms with van der Waals surface area (Å²) in [6.07, 6.45) is 0.776. The zero-order chi connectivity index (χ0) is 20.5. The Balaban J connectivity index is 1.80. The van der Waals surface area contributed by atoms with Gasteiger partial charge in [0.2, 0.25) is 17.7 Å². The number of hydrogen-bond acceptors (Lipinski definition) is 3. The Morgan fingerprint density at radius 2 is 1.64 bits per heavy atom. The summed E-state index contributed by atoms with van der Waals surface area (Å²) in [6.45, 7) is 6.68. The van der Waals surface area contributed by atoms with Gasteiger partial charge in [-0.05, 0) is 57.0 Å². The summed E-state index contributed by atoms with van der Waals surface area (Å²) in [4.78, 5) is 39.2. The minimum Gasteiger partial charge on any atom is -0.326 e. The van der Waals surface area contributed by atoms with Crippen LogP contribution in [0, 0.1) is 5.41 Å². The number of nitrogens with one attached hydrogen (secondary N) is 2. The summed E-state index contributed by atoms with van der Waals surface area (Å²) in [6, 6.07) is 14.6. The second-order valence-electron chi connectivity index (χ2n) is 7.70. The maximum atomic E-state index is 13.3.